The van der Waals surface area contributed by atoms with E-state index in [1.165, 1.54) is 0 Å². The lowest BCUT2D eigenvalue weighted by Gasteiger charge is -2.12. The monoisotopic (exact) mass is 393 g/mol. The second-order valence-electron chi connectivity index (χ2n) is 6.15. The second kappa shape index (κ2) is 8.92. The highest BCUT2D eigenvalue weighted by Gasteiger charge is 2.21. The van der Waals surface area contributed by atoms with Gasteiger partial charge in [0.2, 0.25) is 0 Å². The molecule has 0 spiro atoms. The predicted molar refractivity (Wildman–Crippen MR) is 99.8 cm³/mol. The third-order valence-corrected chi connectivity index (χ3v) is 4.29. The maximum absolute atomic E-state index is 13.1. The van der Waals surface area contributed by atoms with Crippen LogP contribution in [0.3, 0.4) is 0 Å². The Morgan fingerprint density at radius 1 is 1.41 bits per heavy atom. The van der Waals surface area contributed by atoms with Crippen LogP contribution in [0.25, 0.3) is 0 Å². The van der Waals surface area contributed by atoms with Crippen LogP contribution in [-0.4, -0.2) is 42.0 Å². The van der Waals surface area contributed by atoms with E-state index < -0.39 is 11.0 Å². The lowest BCUT2D eigenvalue weighted by Crippen LogP contribution is -2.25. The Labute approximate surface area is 160 Å². The van der Waals surface area contributed by atoms with Crippen LogP contribution in [0.5, 0.6) is 5.75 Å². The molecule has 0 unspecified atom stereocenters. The molecule has 1 atom stereocenters. The number of amides is 1. The summed E-state index contributed by atoms with van der Waals surface area (Å²) >= 11 is 0.736. The van der Waals surface area contributed by atoms with Crippen molar-refractivity contribution in [3.05, 3.63) is 41.2 Å². The summed E-state index contributed by atoms with van der Waals surface area (Å²) in [6.45, 7) is 4.89. The topological polar surface area (TPSA) is 82.0 Å². The van der Waals surface area contributed by atoms with E-state index in [2.05, 4.69) is 15.5 Å². The number of oxime groups is 1. The first-order valence-electron chi connectivity index (χ1n) is 8.52. The number of rotatable bonds is 7. The van der Waals surface area contributed by atoms with Gasteiger partial charge in [0.25, 0.3) is 5.91 Å². The van der Waals surface area contributed by atoms with Crippen LogP contribution in [0, 0.1) is 5.13 Å². The van der Waals surface area contributed by atoms with Gasteiger partial charge in [-0.2, -0.15) is 4.39 Å². The van der Waals surface area contributed by atoms with Crippen molar-refractivity contribution in [3.8, 4) is 5.75 Å². The van der Waals surface area contributed by atoms with Crippen LogP contribution < -0.4 is 10.1 Å². The number of hydrogen-bond acceptors (Lipinski definition) is 7. The highest BCUT2D eigenvalue weighted by atomic mass is 32.1. The Morgan fingerprint density at radius 2 is 2.19 bits per heavy atom. The van der Waals surface area contributed by atoms with Gasteiger partial charge in [0.15, 0.2) is 22.1 Å². The van der Waals surface area contributed by atoms with Crippen molar-refractivity contribution in [2.45, 2.75) is 32.5 Å². The minimum atomic E-state index is -0.541. The first kappa shape index (κ1) is 19.2. The van der Waals surface area contributed by atoms with E-state index in [0.717, 1.165) is 17.5 Å². The fraction of sp³-hybridized carbons (Fsp3) is 0.389. The summed E-state index contributed by atoms with van der Waals surface area (Å²) in [5.74, 6) is 0.140. The van der Waals surface area contributed by atoms with Gasteiger partial charge in [-0.1, -0.05) is 16.5 Å². The molecule has 7 nitrogen and oxygen atoms in total. The van der Waals surface area contributed by atoms with Crippen molar-refractivity contribution < 1.29 is 23.5 Å². The third kappa shape index (κ3) is 5.48. The molecule has 0 bridgehead atoms. The van der Waals surface area contributed by atoms with Crippen LogP contribution in [0.4, 0.5) is 9.52 Å². The summed E-state index contributed by atoms with van der Waals surface area (Å²) in [6.07, 6.45) is 1.59. The summed E-state index contributed by atoms with van der Waals surface area (Å²) in [7, 11) is 0. The molecule has 1 aliphatic heterocycles. The first-order valence-corrected chi connectivity index (χ1v) is 9.34. The maximum atomic E-state index is 13.1. The van der Waals surface area contributed by atoms with E-state index in [0.29, 0.717) is 30.9 Å². The van der Waals surface area contributed by atoms with E-state index in [1.54, 1.807) is 24.3 Å². The standard InChI is InChI=1S/C18H20FN3O4S/c1-11(2)25-13-5-3-12(4-6-13)16(22-26-14-7-8-24-10-14)17(23)21-18-20-9-15(19)27-18/h3-6,9,11,14H,7-8,10H2,1-2H3,(H,20,21,23)/t14-/m1/s1. The Hall–Kier alpha value is -2.52. The number of aromatic nitrogens is 1. The minimum Gasteiger partial charge on any atom is -0.491 e. The largest absolute Gasteiger partial charge is 0.491 e. The molecule has 1 N–H and O–H groups in total. The summed E-state index contributed by atoms with van der Waals surface area (Å²) < 4.78 is 24.0. The molecular formula is C18H20FN3O4S. The number of carbonyl (C=O) groups excluding carboxylic acids is 1. The van der Waals surface area contributed by atoms with Gasteiger partial charge in [-0.25, -0.2) is 4.98 Å². The van der Waals surface area contributed by atoms with E-state index in [4.69, 9.17) is 14.3 Å². The molecule has 1 aromatic heterocycles. The minimum absolute atomic E-state index is 0.0396. The second-order valence-corrected chi connectivity index (χ2v) is 7.13. The molecule has 0 radical (unpaired) electrons. The number of hydrogen-bond donors (Lipinski definition) is 1. The molecule has 1 aliphatic rings. The molecule has 9 heteroatoms. The number of benzene rings is 1. The van der Waals surface area contributed by atoms with Crippen LogP contribution in [0.1, 0.15) is 25.8 Å². The van der Waals surface area contributed by atoms with Gasteiger partial charge in [-0.05, 0) is 38.1 Å². The highest BCUT2D eigenvalue weighted by Crippen LogP contribution is 2.19. The Balaban J connectivity index is 1.79. The number of ether oxygens (including phenoxy) is 2. The number of anilines is 1. The maximum Gasteiger partial charge on any atom is 0.280 e. The SMILES string of the molecule is CC(C)Oc1ccc(C(=NO[C@@H]2CCOC2)C(=O)Nc2ncc(F)s2)cc1. The van der Waals surface area contributed by atoms with Crippen molar-refractivity contribution in [3.63, 3.8) is 0 Å². The molecule has 3 rings (SSSR count). The molecule has 2 aromatic rings. The van der Waals surface area contributed by atoms with Crippen molar-refractivity contribution in [2.24, 2.45) is 5.16 Å². The van der Waals surface area contributed by atoms with Crippen LogP contribution >= 0.6 is 11.3 Å². The fourth-order valence-corrected chi connectivity index (χ4v) is 2.92. The van der Waals surface area contributed by atoms with Gasteiger partial charge in [0.05, 0.1) is 25.5 Å². The van der Waals surface area contributed by atoms with E-state index >= 15 is 0 Å². The summed E-state index contributed by atoms with van der Waals surface area (Å²) in [5.41, 5.74) is 0.605. The average molecular weight is 393 g/mol. The zero-order valence-electron chi connectivity index (χ0n) is 15.0. The first-order chi connectivity index (χ1) is 13.0. The number of thiazole rings is 1. The molecule has 1 aromatic carbocycles. The van der Waals surface area contributed by atoms with Crippen molar-refractivity contribution in [1.29, 1.82) is 0 Å². The zero-order chi connectivity index (χ0) is 19.2. The van der Waals surface area contributed by atoms with Gasteiger partial charge in [-0.3, -0.25) is 10.1 Å². The van der Waals surface area contributed by atoms with Gasteiger partial charge in [0, 0.05) is 12.0 Å². The molecule has 0 saturated carbocycles. The smallest absolute Gasteiger partial charge is 0.280 e. The van der Waals surface area contributed by atoms with Crippen LogP contribution in [0.15, 0.2) is 35.6 Å². The molecular weight excluding hydrogens is 373 g/mol. The zero-order valence-corrected chi connectivity index (χ0v) is 15.8. The third-order valence-electron chi connectivity index (χ3n) is 3.59. The number of carbonyl (C=O) groups is 1. The number of nitrogens with one attached hydrogen (secondary N) is 1. The summed E-state index contributed by atoms with van der Waals surface area (Å²) in [6, 6.07) is 6.93. The van der Waals surface area contributed by atoms with E-state index in [-0.39, 0.29) is 23.1 Å². The lowest BCUT2D eigenvalue weighted by atomic mass is 10.1. The Morgan fingerprint density at radius 3 is 2.78 bits per heavy atom. The average Bonchev–Trinajstić information content (AvgIpc) is 3.28. The molecule has 1 amide bonds. The normalized spacial score (nSPS) is 17.2. The van der Waals surface area contributed by atoms with Gasteiger partial charge in [-0.15, -0.1) is 0 Å². The molecule has 0 aliphatic carbocycles. The molecule has 144 valence electrons. The quantitative estimate of drug-likeness (QED) is 0.577. The predicted octanol–water partition coefficient (Wildman–Crippen LogP) is 3.22. The Bertz CT molecular complexity index is 801. The molecule has 1 saturated heterocycles. The fourth-order valence-electron chi connectivity index (χ4n) is 2.38. The van der Waals surface area contributed by atoms with Gasteiger partial charge in [0.1, 0.15) is 5.75 Å². The van der Waals surface area contributed by atoms with Crippen molar-refractivity contribution in [2.75, 3.05) is 18.5 Å². The van der Waals surface area contributed by atoms with Gasteiger partial charge < -0.3 is 14.3 Å². The molecule has 1 fully saturated rings. The van der Waals surface area contributed by atoms with Crippen LogP contribution in [0.2, 0.25) is 0 Å². The van der Waals surface area contributed by atoms with Crippen molar-refractivity contribution in [1.82, 2.24) is 4.98 Å². The Kier molecular flexibility index (Phi) is 6.36. The van der Waals surface area contributed by atoms with E-state index in [1.807, 2.05) is 13.8 Å². The lowest BCUT2D eigenvalue weighted by molar-refractivity contribution is -0.110. The highest BCUT2D eigenvalue weighted by molar-refractivity contribution is 7.14. The summed E-state index contributed by atoms with van der Waals surface area (Å²) in [4.78, 5) is 21.9. The number of halogens is 1. The van der Waals surface area contributed by atoms with Gasteiger partial charge >= 0.3 is 0 Å². The molecule has 27 heavy (non-hydrogen) atoms. The summed E-state index contributed by atoms with van der Waals surface area (Å²) in [5, 5.41) is 6.23. The molecule has 2 heterocycles. The number of nitrogens with zero attached hydrogens (tertiary/aromatic N) is 2. The van der Waals surface area contributed by atoms with E-state index in [9.17, 15) is 9.18 Å². The van der Waals surface area contributed by atoms with Crippen molar-refractivity contribution >= 4 is 28.1 Å². The van der Waals surface area contributed by atoms with Crippen LogP contribution in [-0.2, 0) is 14.4 Å².